The molecule has 1 aromatic carbocycles. The number of carbonyl (C=O) groups excluding carboxylic acids is 3. The van der Waals surface area contributed by atoms with E-state index in [0.717, 1.165) is 46.9 Å². The average molecular weight is 856 g/mol. The Morgan fingerprint density at radius 1 is 1.12 bits per heavy atom. The molecule has 314 valence electrons. The number of thiazole rings is 1. The predicted octanol–water partition coefficient (Wildman–Crippen LogP) is 1.08. The van der Waals surface area contributed by atoms with Crippen LogP contribution in [0.4, 0.5) is 5.13 Å². The molecule has 3 aliphatic rings. The summed E-state index contributed by atoms with van der Waals surface area (Å²) in [5, 5.41) is 40.2. The van der Waals surface area contributed by atoms with Crippen LogP contribution in [0.5, 0.6) is 11.5 Å². The van der Waals surface area contributed by atoms with E-state index in [9.17, 15) is 44.2 Å². The zero-order valence-electron chi connectivity index (χ0n) is 32.2. The summed E-state index contributed by atoms with van der Waals surface area (Å²) in [6.45, 7) is 4.67. The average Bonchev–Trinajstić information content (AvgIpc) is 3.85. The number of quaternary nitrogens is 1. The van der Waals surface area contributed by atoms with Crippen molar-refractivity contribution in [2.24, 2.45) is 5.16 Å². The maximum Gasteiger partial charge on any atom is 0.352 e. The largest absolute Gasteiger partial charge is 0.497 e. The first-order chi connectivity index (χ1) is 28.0. The van der Waals surface area contributed by atoms with E-state index in [4.69, 9.17) is 20.0 Å². The van der Waals surface area contributed by atoms with E-state index in [2.05, 4.69) is 20.8 Å². The Hall–Kier alpha value is -6.13. The molecule has 5 heterocycles. The standard InChI is InChI=1S/C37H42N8O12S2/c1-37(2,35(52)53)57-42-27(23-19-59-36(38)40-23)31(48)41-28-32(49)44-29(34(50)51)21(18-58-33(28)44)16-45(11-4-5-12-45)13-10-39-30(47)24-14-25(46)26(15-43(24)54)56-17-20-6-8-22(55-3)9-7-20/h6-9,14-15,19,28,33,54H,4-5,10-13,16-18H2,1-3H3,(H5-,38,39,40,41,47,48,50,51,52,53)/p+1/b42-27-/t28-,33-/m1/s1. The number of hydrogen-bond acceptors (Lipinski definition) is 15. The number of hydrogen-bond donors (Lipinski definition) is 6. The molecule has 59 heavy (non-hydrogen) atoms. The molecular weight excluding hydrogens is 813 g/mol. The molecule has 6 rings (SSSR count). The minimum Gasteiger partial charge on any atom is -0.497 e. The lowest BCUT2D eigenvalue weighted by Gasteiger charge is -2.50. The molecule has 20 nitrogen and oxygen atoms in total. The van der Waals surface area contributed by atoms with Crippen LogP contribution in [0.2, 0.25) is 0 Å². The third-order valence-corrected chi connectivity index (χ3v) is 12.1. The second-order valence-electron chi connectivity index (χ2n) is 14.5. The number of nitrogens with one attached hydrogen (secondary N) is 2. The Morgan fingerprint density at radius 2 is 1.83 bits per heavy atom. The van der Waals surface area contributed by atoms with Gasteiger partial charge in [-0.2, -0.15) is 4.73 Å². The van der Waals surface area contributed by atoms with Gasteiger partial charge in [-0.1, -0.05) is 17.3 Å². The highest BCUT2D eigenvalue weighted by Gasteiger charge is 2.55. The summed E-state index contributed by atoms with van der Waals surface area (Å²) in [6, 6.07) is 6.85. The van der Waals surface area contributed by atoms with E-state index in [-0.39, 0.29) is 53.4 Å². The number of rotatable bonds is 17. The summed E-state index contributed by atoms with van der Waals surface area (Å²) in [6.07, 6.45) is 2.73. The fourth-order valence-electron chi connectivity index (χ4n) is 6.85. The van der Waals surface area contributed by atoms with Crippen molar-refractivity contribution in [1.29, 1.82) is 0 Å². The number of oxime groups is 1. The summed E-state index contributed by atoms with van der Waals surface area (Å²) < 4.78 is 11.7. The van der Waals surface area contributed by atoms with Crippen LogP contribution in [0.25, 0.3) is 0 Å². The fourth-order valence-corrected chi connectivity index (χ4v) is 8.73. The summed E-state index contributed by atoms with van der Waals surface area (Å²) in [4.78, 5) is 87.6. The molecule has 0 radical (unpaired) electrons. The second-order valence-corrected chi connectivity index (χ2v) is 16.5. The van der Waals surface area contributed by atoms with Crippen molar-refractivity contribution in [3.05, 3.63) is 80.4 Å². The lowest BCUT2D eigenvalue weighted by atomic mass is 10.0. The molecule has 0 aliphatic carbocycles. The molecule has 7 N–H and O–H groups in total. The monoisotopic (exact) mass is 855 g/mol. The van der Waals surface area contributed by atoms with E-state index in [1.54, 1.807) is 31.4 Å². The lowest BCUT2D eigenvalue weighted by molar-refractivity contribution is -0.911. The quantitative estimate of drug-likeness (QED) is 0.0365. The molecule has 2 atom stereocenters. The van der Waals surface area contributed by atoms with Gasteiger partial charge in [-0.3, -0.25) is 24.1 Å². The van der Waals surface area contributed by atoms with Gasteiger partial charge in [-0.25, -0.2) is 14.6 Å². The van der Waals surface area contributed by atoms with Gasteiger partial charge in [-0.05, 0) is 31.5 Å². The SMILES string of the molecule is COc1ccc(COc2cn(O)c(C(=O)NCC[N+]3(CC4=C(C(=O)O)N5C(=O)[C@@H](NC(=O)/C(=N\OC(C)(C)C(=O)O)c6csc(N)n6)[C@H]5SC4)CCCC3)cc2=O)cc1. The Kier molecular flexibility index (Phi) is 12.5. The minimum atomic E-state index is -1.81. The second kappa shape index (κ2) is 17.4. The van der Waals surface area contributed by atoms with Gasteiger partial charge >= 0.3 is 11.9 Å². The van der Waals surface area contributed by atoms with Crippen LogP contribution >= 0.6 is 23.1 Å². The third-order valence-electron chi connectivity index (χ3n) is 10.1. The number of nitrogens with zero attached hydrogens (tertiary/aromatic N) is 5. The first-order valence-electron chi connectivity index (χ1n) is 18.3. The van der Waals surface area contributed by atoms with Crippen molar-refractivity contribution >= 4 is 63.6 Å². The minimum absolute atomic E-state index is 0.00903. The van der Waals surface area contributed by atoms with Gasteiger partial charge in [0.25, 0.3) is 17.7 Å². The molecule has 0 unspecified atom stereocenters. The van der Waals surface area contributed by atoms with E-state index >= 15 is 0 Å². The molecule has 0 spiro atoms. The van der Waals surface area contributed by atoms with Crippen LogP contribution in [0.3, 0.4) is 0 Å². The molecule has 3 aliphatic heterocycles. The number of β-lactam (4-membered cyclic amide) rings is 1. The summed E-state index contributed by atoms with van der Waals surface area (Å²) in [5.74, 6) is -4.19. The number of benzene rings is 1. The van der Waals surface area contributed by atoms with Gasteiger partial charge in [0.2, 0.25) is 11.0 Å². The van der Waals surface area contributed by atoms with Crippen LogP contribution in [0.1, 0.15) is 48.4 Å². The van der Waals surface area contributed by atoms with E-state index < -0.39 is 57.8 Å². The third kappa shape index (κ3) is 9.29. The molecule has 0 saturated carbocycles. The Labute approximate surface area is 344 Å². The van der Waals surface area contributed by atoms with Gasteiger partial charge in [0.15, 0.2) is 16.6 Å². The van der Waals surface area contributed by atoms with Crippen molar-refractivity contribution < 1.29 is 58.2 Å². The van der Waals surface area contributed by atoms with Gasteiger partial charge in [0.05, 0.1) is 39.5 Å². The first kappa shape index (κ1) is 42.5. The number of fused-ring (bicyclic) bond motifs is 1. The highest BCUT2D eigenvalue weighted by Crippen LogP contribution is 2.41. The maximum absolute atomic E-state index is 13.6. The maximum atomic E-state index is 13.6. The van der Waals surface area contributed by atoms with Crippen LogP contribution in [0.15, 0.2) is 63.1 Å². The van der Waals surface area contributed by atoms with Crippen molar-refractivity contribution in [2.45, 2.75) is 50.3 Å². The van der Waals surface area contributed by atoms with Gasteiger partial charge in [-0.15, -0.1) is 23.1 Å². The molecule has 2 aromatic heterocycles. The molecule has 0 bridgehead atoms. The van der Waals surface area contributed by atoms with Gasteiger partial charge < -0.3 is 50.6 Å². The number of carboxylic acids is 2. The zero-order chi connectivity index (χ0) is 42.6. The van der Waals surface area contributed by atoms with Crippen molar-refractivity contribution in [3.63, 3.8) is 0 Å². The lowest BCUT2D eigenvalue weighted by Crippen LogP contribution is -2.71. The van der Waals surface area contributed by atoms with Gasteiger partial charge in [0.1, 0.15) is 47.4 Å². The number of thioether (sulfide) groups is 1. The van der Waals surface area contributed by atoms with Crippen LogP contribution < -0.4 is 31.3 Å². The molecule has 22 heteroatoms. The van der Waals surface area contributed by atoms with Crippen molar-refractivity contribution in [3.8, 4) is 11.5 Å². The predicted molar refractivity (Wildman–Crippen MR) is 212 cm³/mol. The number of nitrogen functional groups attached to an aromatic ring is 1. The highest BCUT2D eigenvalue weighted by atomic mass is 32.2. The van der Waals surface area contributed by atoms with E-state index in [1.165, 1.54) is 31.0 Å². The van der Waals surface area contributed by atoms with Crippen LogP contribution in [0, 0.1) is 0 Å². The van der Waals surface area contributed by atoms with Crippen molar-refractivity contribution in [2.75, 3.05) is 51.3 Å². The molecule has 2 saturated heterocycles. The number of amides is 3. The number of carbonyl (C=O) groups is 5. The zero-order valence-corrected chi connectivity index (χ0v) is 33.8. The summed E-state index contributed by atoms with van der Waals surface area (Å²) in [5.41, 5.74) is 3.70. The number of nitrogens with two attached hydrogens (primary N) is 1. The molecule has 3 amide bonds. The number of aromatic nitrogens is 2. The smallest absolute Gasteiger partial charge is 0.352 e. The van der Waals surface area contributed by atoms with Crippen LogP contribution in [-0.4, -0.2) is 132 Å². The molecule has 2 fully saturated rings. The van der Waals surface area contributed by atoms with Crippen molar-refractivity contribution in [1.82, 2.24) is 25.2 Å². The van der Waals surface area contributed by atoms with E-state index in [1.807, 2.05) is 0 Å². The molecule has 3 aromatic rings. The topological polar surface area (TPSA) is 274 Å². The summed E-state index contributed by atoms with van der Waals surface area (Å²) in [7, 11) is 1.54. The number of aliphatic carboxylic acids is 2. The van der Waals surface area contributed by atoms with Gasteiger partial charge in [0, 0.05) is 35.6 Å². The summed E-state index contributed by atoms with van der Waals surface area (Å²) >= 11 is 2.28. The number of likely N-dealkylation sites (tertiary alicyclic amines) is 1. The number of ether oxygens (including phenoxy) is 2. The number of pyridine rings is 1. The Bertz CT molecular complexity index is 2270. The van der Waals surface area contributed by atoms with E-state index in [0.29, 0.717) is 40.2 Å². The number of anilines is 1. The Balaban J connectivity index is 1.10. The van der Waals surface area contributed by atoms with Crippen LogP contribution in [-0.2, 0) is 30.6 Å². The molecular formula is C37H43N8O12S2+. The first-order valence-corrected chi connectivity index (χ1v) is 20.2. The number of carboxylic acid groups (broad SMARTS) is 2. The highest BCUT2D eigenvalue weighted by molar-refractivity contribution is 8.00. The fraction of sp³-hybridized carbons (Fsp3) is 0.405. The number of methoxy groups -OCH3 is 1. The Morgan fingerprint density at radius 3 is 2.46 bits per heavy atom. The normalized spacial score (nSPS) is 18.7.